The number of halogens is 3. The minimum Gasteiger partial charge on any atom is -0.434 e. The highest BCUT2D eigenvalue weighted by atomic mass is 35.5. The van der Waals surface area contributed by atoms with Crippen LogP contribution in [0.4, 0.5) is 14.5 Å². The van der Waals surface area contributed by atoms with E-state index in [2.05, 4.69) is 9.84 Å². The normalized spacial score (nSPS) is 14.7. The molecule has 0 atom stereocenters. The van der Waals surface area contributed by atoms with Gasteiger partial charge in [0, 0.05) is 42.7 Å². The van der Waals surface area contributed by atoms with Gasteiger partial charge in [-0.15, -0.1) is 0 Å². The highest BCUT2D eigenvalue weighted by Gasteiger charge is 2.22. The summed E-state index contributed by atoms with van der Waals surface area (Å²) < 4.78 is 31.1. The maximum absolute atomic E-state index is 12.6. The molecule has 144 valence electrons. The van der Waals surface area contributed by atoms with Crippen molar-refractivity contribution in [2.75, 3.05) is 18.8 Å². The first-order chi connectivity index (χ1) is 12.8. The Morgan fingerprint density at radius 3 is 2.70 bits per heavy atom. The molecular weight excluding hydrogens is 382 g/mol. The minimum atomic E-state index is -3.02. The Morgan fingerprint density at radius 1 is 1.33 bits per heavy atom. The molecule has 10 heteroatoms. The van der Waals surface area contributed by atoms with Crippen molar-refractivity contribution in [1.29, 1.82) is 0 Å². The first-order valence-electron chi connectivity index (χ1n) is 8.20. The Morgan fingerprint density at radius 2 is 2.04 bits per heavy atom. The highest BCUT2D eigenvalue weighted by molar-refractivity contribution is 6.31. The second-order valence-electron chi connectivity index (χ2n) is 6.07. The Balaban J connectivity index is 1.81. The van der Waals surface area contributed by atoms with Crippen LogP contribution in [0.3, 0.4) is 0 Å². The summed E-state index contributed by atoms with van der Waals surface area (Å²) >= 11 is 5.95. The number of amides is 1. The van der Waals surface area contributed by atoms with Gasteiger partial charge in [-0.3, -0.25) is 14.3 Å². The van der Waals surface area contributed by atoms with Crippen LogP contribution < -0.4 is 10.5 Å². The van der Waals surface area contributed by atoms with Crippen molar-refractivity contribution in [2.24, 2.45) is 0 Å². The van der Waals surface area contributed by atoms with Gasteiger partial charge in [0.2, 0.25) is 5.91 Å². The number of ketones is 1. The topological polar surface area (TPSA) is 90.5 Å². The van der Waals surface area contributed by atoms with Crippen LogP contribution in [0, 0.1) is 0 Å². The van der Waals surface area contributed by atoms with Gasteiger partial charge in [-0.2, -0.15) is 13.9 Å². The first kappa shape index (κ1) is 19.1. The summed E-state index contributed by atoms with van der Waals surface area (Å²) in [5.74, 6) is -0.184. The molecule has 0 unspecified atom stereocenters. The zero-order valence-electron chi connectivity index (χ0n) is 14.2. The van der Waals surface area contributed by atoms with E-state index in [4.69, 9.17) is 17.3 Å². The molecule has 3 rings (SSSR count). The van der Waals surface area contributed by atoms with Gasteiger partial charge in [-0.05, 0) is 18.2 Å². The number of likely N-dealkylation sites (tertiary alicyclic amines) is 1. The van der Waals surface area contributed by atoms with E-state index in [9.17, 15) is 18.4 Å². The molecule has 1 amide bonds. The van der Waals surface area contributed by atoms with E-state index >= 15 is 0 Å². The van der Waals surface area contributed by atoms with Gasteiger partial charge in [-0.1, -0.05) is 11.6 Å². The second kappa shape index (κ2) is 7.91. The number of alkyl halides is 2. The number of ether oxygens (including phenoxy) is 1. The maximum Gasteiger partial charge on any atom is 0.387 e. The third-order valence-corrected chi connectivity index (χ3v) is 4.41. The summed E-state index contributed by atoms with van der Waals surface area (Å²) in [5, 5.41) is 4.53. The lowest BCUT2D eigenvalue weighted by Gasteiger charge is -2.25. The molecule has 0 saturated carbocycles. The van der Waals surface area contributed by atoms with Crippen LogP contribution in [-0.2, 0) is 16.1 Å². The van der Waals surface area contributed by atoms with Crippen molar-refractivity contribution >= 4 is 29.0 Å². The van der Waals surface area contributed by atoms with Gasteiger partial charge in [0.15, 0.2) is 0 Å². The average molecular weight is 399 g/mol. The second-order valence-corrected chi connectivity index (χ2v) is 6.51. The predicted octanol–water partition coefficient (Wildman–Crippen LogP) is 2.58. The fourth-order valence-corrected chi connectivity index (χ4v) is 3.03. The number of anilines is 1. The monoisotopic (exact) mass is 398 g/mol. The number of hydrogen-bond acceptors (Lipinski definition) is 5. The lowest BCUT2D eigenvalue weighted by Crippen LogP contribution is -2.40. The van der Waals surface area contributed by atoms with E-state index < -0.39 is 6.61 Å². The summed E-state index contributed by atoms with van der Waals surface area (Å²) in [4.78, 5) is 25.2. The molecule has 1 aromatic carbocycles. The van der Waals surface area contributed by atoms with Crippen molar-refractivity contribution < 1.29 is 23.1 Å². The molecule has 0 bridgehead atoms. The fraction of sp³-hybridized carbons (Fsp3) is 0.353. The summed E-state index contributed by atoms with van der Waals surface area (Å²) in [5.41, 5.74) is 6.54. The molecule has 2 aromatic rings. The van der Waals surface area contributed by atoms with E-state index in [1.165, 1.54) is 29.1 Å². The number of carbonyl (C=O) groups excluding carboxylic acids is 2. The number of piperidine rings is 1. The number of nitrogens with zero attached hydrogens (tertiary/aromatic N) is 3. The number of rotatable bonds is 5. The van der Waals surface area contributed by atoms with Crippen molar-refractivity contribution in [1.82, 2.24) is 14.7 Å². The quantitative estimate of drug-likeness (QED) is 0.836. The SMILES string of the molecule is Nc1cn(CC(=O)N2CCC(=O)CC2)nc1-c1cc(Cl)ccc1OC(F)F. The fourth-order valence-electron chi connectivity index (χ4n) is 2.86. The third kappa shape index (κ3) is 4.54. The minimum absolute atomic E-state index is 0.0794. The van der Waals surface area contributed by atoms with E-state index in [1.807, 2.05) is 0 Å². The molecule has 2 heterocycles. The van der Waals surface area contributed by atoms with E-state index in [0.29, 0.717) is 31.0 Å². The molecule has 0 spiro atoms. The molecule has 1 aliphatic heterocycles. The number of nitrogens with two attached hydrogens (primary N) is 1. The van der Waals surface area contributed by atoms with Crippen molar-refractivity contribution in [2.45, 2.75) is 26.0 Å². The number of hydrogen-bond donors (Lipinski definition) is 1. The van der Waals surface area contributed by atoms with Gasteiger partial charge >= 0.3 is 6.61 Å². The van der Waals surface area contributed by atoms with Gasteiger partial charge < -0.3 is 15.4 Å². The molecule has 7 nitrogen and oxygen atoms in total. The largest absolute Gasteiger partial charge is 0.434 e. The predicted molar refractivity (Wildman–Crippen MR) is 94.5 cm³/mol. The van der Waals surface area contributed by atoms with E-state index in [-0.39, 0.29) is 40.9 Å². The van der Waals surface area contributed by atoms with Crippen LogP contribution in [0.25, 0.3) is 11.3 Å². The zero-order valence-corrected chi connectivity index (χ0v) is 15.0. The van der Waals surface area contributed by atoms with Crippen molar-refractivity contribution in [3.05, 3.63) is 29.4 Å². The molecular formula is C17H17ClF2N4O3. The number of carbonyl (C=O) groups is 2. The maximum atomic E-state index is 12.6. The molecule has 27 heavy (non-hydrogen) atoms. The summed E-state index contributed by atoms with van der Waals surface area (Å²) in [6.45, 7) is -2.34. The highest BCUT2D eigenvalue weighted by Crippen LogP contribution is 2.35. The molecule has 1 fully saturated rings. The zero-order chi connectivity index (χ0) is 19.6. The van der Waals surface area contributed by atoms with Crippen LogP contribution >= 0.6 is 11.6 Å². The molecule has 1 saturated heterocycles. The van der Waals surface area contributed by atoms with Crippen LogP contribution in [0.1, 0.15) is 12.8 Å². The van der Waals surface area contributed by atoms with Gasteiger partial charge in [0.05, 0.1) is 5.69 Å². The Labute approximate surface area is 158 Å². The van der Waals surface area contributed by atoms with Gasteiger partial charge in [0.1, 0.15) is 23.8 Å². The molecule has 2 N–H and O–H groups in total. The van der Waals surface area contributed by atoms with Crippen molar-refractivity contribution in [3.63, 3.8) is 0 Å². The Bertz CT molecular complexity index is 862. The Hall–Kier alpha value is -2.68. The lowest BCUT2D eigenvalue weighted by molar-refractivity contribution is -0.135. The summed E-state index contributed by atoms with van der Waals surface area (Å²) in [7, 11) is 0. The van der Waals surface area contributed by atoms with Crippen LogP contribution in [0.5, 0.6) is 5.75 Å². The summed E-state index contributed by atoms with van der Waals surface area (Å²) in [6, 6.07) is 4.13. The molecule has 0 aliphatic carbocycles. The van der Waals surface area contributed by atoms with Crippen LogP contribution in [0.2, 0.25) is 5.02 Å². The van der Waals surface area contributed by atoms with Crippen LogP contribution in [0.15, 0.2) is 24.4 Å². The van der Waals surface area contributed by atoms with E-state index in [1.54, 1.807) is 4.90 Å². The standard InChI is InChI=1S/C17H17ClF2N4O3/c18-10-1-2-14(27-17(19)20)12(7-10)16-13(21)8-24(22-16)9-15(26)23-5-3-11(25)4-6-23/h1-2,7-8,17H,3-6,9,21H2. The molecule has 0 radical (unpaired) electrons. The number of benzene rings is 1. The molecule has 1 aliphatic rings. The first-order valence-corrected chi connectivity index (χ1v) is 8.58. The van der Waals surface area contributed by atoms with Crippen molar-refractivity contribution in [3.8, 4) is 17.0 Å². The molecule has 1 aromatic heterocycles. The number of Topliss-reactive ketones (excluding diaryl/α,β-unsaturated/α-hetero) is 1. The smallest absolute Gasteiger partial charge is 0.387 e. The van der Waals surface area contributed by atoms with Gasteiger partial charge in [-0.25, -0.2) is 0 Å². The Kier molecular flexibility index (Phi) is 5.59. The number of aromatic nitrogens is 2. The van der Waals surface area contributed by atoms with Gasteiger partial charge in [0.25, 0.3) is 0 Å². The lowest BCUT2D eigenvalue weighted by atomic mass is 10.1. The number of nitrogen functional groups attached to an aromatic ring is 1. The third-order valence-electron chi connectivity index (χ3n) is 4.17. The average Bonchev–Trinajstić information content (AvgIpc) is 2.96. The van der Waals surface area contributed by atoms with Crippen LogP contribution in [-0.4, -0.2) is 46.1 Å². The van der Waals surface area contributed by atoms with E-state index in [0.717, 1.165) is 0 Å². The summed E-state index contributed by atoms with van der Waals surface area (Å²) in [6.07, 6.45) is 2.12.